The van der Waals surface area contributed by atoms with Gasteiger partial charge >= 0.3 is 0 Å². The fraction of sp³-hybridized carbons (Fsp3) is 0.625. The van der Waals surface area contributed by atoms with E-state index in [1.54, 1.807) is 0 Å². The van der Waals surface area contributed by atoms with Crippen molar-refractivity contribution in [2.75, 3.05) is 20.3 Å². The molecule has 0 aliphatic carbocycles. The summed E-state index contributed by atoms with van der Waals surface area (Å²) in [5.41, 5.74) is 2.64. The number of hydrogen-bond acceptors (Lipinski definition) is 3. The Morgan fingerprint density at radius 3 is 3.05 bits per heavy atom. The Morgan fingerprint density at radius 2 is 2.30 bits per heavy atom. The summed E-state index contributed by atoms with van der Waals surface area (Å²) in [5.74, 6) is 1.11. The van der Waals surface area contributed by atoms with Gasteiger partial charge in [-0.2, -0.15) is 0 Å². The third-order valence-corrected chi connectivity index (χ3v) is 4.73. The molecule has 0 spiro atoms. The Morgan fingerprint density at radius 1 is 1.40 bits per heavy atom. The lowest BCUT2D eigenvalue weighted by atomic mass is 9.97. The zero-order valence-electron chi connectivity index (χ0n) is 12.0. The van der Waals surface area contributed by atoms with Crippen LogP contribution in [0.1, 0.15) is 30.4 Å². The highest BCUT2D eigenvalue weighted by Gasteiger charge is 2.23. The summed E-state index contributed by atoms with van der Waals surface area (Å²) in [4.78, 5) is 0. The van der Waals surface area contributed by atoms with E-state index in [-0.39, 0.29) is 0 Å². The van der Waals surface area contributed by atoms with Gasteiger partial charge in [-0.05, 0) is 56.0 Å². The Balaban J connectivity index is 1.72. The van der Waals surface area contributed by atoms with Crippen LogP contribution in [0.5, 0.6) is 5.75 Å². The van der Waals surface area contributed by atoms with Crippen LogP contribution in [0.25, 0.3) is 0 Å². The highest BCUT2D eigenvalue weighted by molar-refractivity contribution is 9.10. The summed E-state index contributed by atoms with van der Waals surface area (Å²) in [6.45, 7) is 1.74. The number of fused-ring (bicyclic) bond motifs is 1. The molecule has 4 heteroatoms. The molecule has 0 saturated carbocycles. The zero-order chi connectivity index (χ0) is 13.9. The molecule has 1 fully saturated rings. The average molecular weight is 340 g/mol. The van der Waals surface area contributed by atoms with E-state index in [2.05, 4.69) is 33.4 Å². The lowest BCUT2D eigenvalue weighted by Gasteiger charge is -2.21. The number of likely N-dealkylation sites (N-methyl/N-ethyl adjacent to an activating group) is 1. The molecule has 0 bridgehead atoms. The normalized spacial score (nSPS) is 22.6. The molecule has 3 nitrogen and oxygen atoms in total. The standard InChI is InChI=1S/C16H22BrNO2/c1-18-14(10-15-3-2-5-19-15)9-12-8-13(17)7-11-4-6-20-16(11)12/h7-8,14-15,18H,2-6,9-10H2,1H3. The molecular weight excluding hydrogens is 318 g/mol. The monoisotopic (exact) mass is 339 g/mol. The van der Waals surface area contributed by atoms with Gasteiger partial charge in [0.15, 0.2) is 0 Å². The number of halogens is 1. The van der Waals surface area contributed by atoms with E-state index in [0.717, 1.165) is 42.7 Å². The van der Waals surface area contributed by atoms with Crippen molar-refractivity contribution in [2.45, 2.75) is 44.2 Å². The minimum absolute atomic E-state index is 0.425. The molecule has 2 aliphatic heterocycles. The van der Waals surface area contributed by atoms with E-state index >= 15 is 0 Å². The molecule has 1 N–H and O–H groups in total. The molecular formula is C16H22BrNO2. The Bertz CT molecular complexity index is 472. The summed E-state index contributed by atoms with van der Waals surface area (Å²) in [6.07, 6.45) is 5.93. The van der Waals surface area contributed by atoms with E-state index in [0.29, 0.717) is 12.1 Å². The quantitative estimate of drug-likeness (QED) is 0.894. The molecule has 2 atom stereocenters. The summed E-state index contributed by atoms with van der Waals surface area (Å²) in [6, 6.07) is 4.82. The van der Waals surface area contributed by atoms with Gasteiger partial charge in [0, 0.05) is 23.5 Å². The van der Waals surface area contributed by atoms with Crippen LogP contribution in [-0.4, -0.2) is 32.4 Å². The predicted molar refractivity (Wildman–Crippen MR) is 83.5 cm³/mol. The number of ether oxygens (including phenoxy) is 2. The summed E-state index contributed by atoms with van der Waals surface area (Å²) in [5, 5.41) is 3.44. The highest BCUT2D eigenvalue weighted by Crippen LogP contribution is 2.34. The molecule has 0 radical (unpaired) electrons. The van der Waals surface area contributed by atoms with Gasteiger partial charge in [0.1, 0.15) is 5.75 Å². The van der Waals surface area contributed by atoms with Crippen LogP contribution in [0.3, 0.4) is 0 Å². The van der Waals surface area contributed by atoms with Gasteiger partial charge in [-0.15, -0.1) is 0 Å². The van der Waals surface area contributed by atoms with E-state index in [1.165, 1.54) is 24.0 Å². The number of benzene rings is 1. The summed E-state index contributed by atoms with van der Waals surface area (Å²) in [7, 11) is 2.04. The molecule has 110 valence electrons. The van der Waals surface area contributed by atoms with E-state index in [4.69, 9.17) is 9.47 Å². The molecule has 1 aromatic rings. The fourth-order valence-electron chi connectivity index (χ4n) is 3.21. The molecule has 3 rings (SSSR count). The molecule has 1 aromatic carbocycles. The van der Waals surface area contributed by atoms with E-state index < -0.39 is 0 Å². The second-order valence-corrected chi connectivity index (χ2v) is 6.63. The topological polar surface area (TPSA) is 30.5 Å². The molecule has 1 saturated heterocycles. The maximum atomic E-state index is 5.82. The first-order chi connectivity index (χ1) is 9.76. The first kappa shape index (κ1) is 14.4. The van der Waals surface area contributed by atoms with Crippen LogP contribution < -0.4 is 10.1 Å². The Labute approximate surface area is 129 Å². The number of hydrogen-bond donors (Lipinski definition) is 1. The van der Waals surface area contributed by atoms with Crippen molar-refractivity contribution in [3.63, 3.8) is 0 Å². The number of nitrogens with one attached hydrogen (secondary N) is 1. The third-order valence-electron chi connectivity index (χ3n) is 4.27. The van der Waals surface area contributed by atoms with Crippen molar-refractivity contribution in [2.24, 2.45) is 0 Å². The van der Waals surface area contributed by atoms with Gasteiger partial charge in [0.05, 0.1) is 12.7 Å². The minimum atomic E-state index is 0.425. The van der Waals surface area contributed by atoms with Crippen LogP contribution >= 0.6 is 15.9 Å². The van der Waals surface area contributed by atoms with Crippen LogP contribution in [0, 0.1) is 0 Å². The van der Waals surface area contributed by atoms with Gasteiger partial charge in [0.2, 0.25) is 0 Å². The average Bonchev–Trinajstić information content (AvgIpc) is 3.08. The SMILES string of the molecule is CNC(Cc1cc(Br)cc2c1OCC2)CC1CCCO1. The molecule has 20 heavy (non-hydrogen) atoms. The van der Waals surface area contributed by atoms with E-state index in [1.807, 2.05) is 7.05 Å². The maximum absolute atomic E-state index is 5.82. The third kappa shape index (κ3) is 3.18. The molecule has 0 aromatic heterocycles. The van der Waals surface area contributed by atoms with Crippen LogP contribution in [0.15, 0.2) is 16.6 Å². The van der Waals surface area contributed by atoms with Gasteiger partial charge in [0.25, 0.3) is 0 Å². The van der Waals surface area contributed by atoms with Crippen molar-refractivity contribution in [1.29, 1.82) is 0 Å². The second kappa shape index (κ2) is 6.46. The van der Waals surface area contributed by atoms with Gasteiger partial charge < -0.3 is 14.8 Å². The first-order valence-electron chi connectivity index (χ1n) is 7.49. The van der Waals surface area contributed by atoms with Crippen molar-refractivity contribution >= 4 is 15.9 Å². The molecule has 0 amide bonds. The van der Waals surface area contributed by atoms with Crippen molar-refractivity contribution in [3.8, 4) is 5.75 Å². The highest BCUT2D eigenvalue weighted by atomic mass is 79.9. The molecule has 2 unspecified atom stereocenters. The van der Waals surface area contributed by atoms with Gasteiger partial charge in [-0.1, -0.05) is 15.9 Å². The van der Waals surface area contributed by atoms with Crippen LogP contribution in [-0.2, 0) is 17.6 Å². The maximum Gasteiger partial charge on any atom is 0.125 e. The largest absolute Gasteiger partial charge is 0.493 e. The van der Waals surface area contributed by atoms with Gasteiger partial charge in [-0.25, -0.2) is 0 Å². The Hall–Kier alpha value is -0.580. The lowest BCUT2D eigenvalue weighted by molar-refractivity contribution is 0.0953. The zero-order valence-corrected chi connectivity index (χ0v) is 13.5. The summed E-state index contributed by atoms with van der Waals surface area (Å²) < 4.78 is 12.7. The number of rotatable bonds is 5. The van der Waals surface area contributed by atoms with Crippen molar-refractivity contribution in [1.82, 2.24) is 5.32 Å². The molecule has 2 aliphatic rings. The van der Waals surface area contributed by atoms with Crippen molar-refractivity contribution < 1.29 is 9.47 Å². The van der Waals surface area contributed by atoms with Crippen LogP contribution in [0.2, 0.25) is 0 Å². The summed E-state index contributed by atoms with van der Waals surface area (Å²) >= 11 is 3.62. The van der Waals surface area contributed by atoms with E-state index in [9.17, 15) is 0 Å². The van der Waals surface area contributed by atoms with Crippen LogP contribution in [0.4, 0.5) is 0 Å². The fourth-order valence-corrected chi connectivity index (χ4v) is 3.77. The second-order valence-electron chi connectivity index (χ2n) is 5.71. The molecule has 2 heterocycles. The lowest BCUT2D eigenvalue weighted by Crippen LogP contribution is -2.31. The minimum Gasteiger partial charge on any atom is -0.493 e. The van der Waals surface area contributed by atoms with Crippen molar-refractivity contribution in [3.05, 3.63) is 27.7 Å². The first-order valence-corrected chi connectivity index (χ1v) is 8.28. The predicted octanol–water partition coefficient (Wildman–Crippen LogP) is 3.08. The van der Waals surface area contributed by atoms with Gasteiger partial charge in [-0.3, -0.25) is 0 Å². The Kier molecular flexibility index (Phi) is 4.64. The smallest absolute Gasteiger partial charge is 0.125 e.